The molecule has 1 aromatic rings. The molecule has 0 spiro atoms. The molecule has 0 bridgehead atoms. The van der Waals surface area contributed by atoms with Crippen LogP contribution in [0.5, 0.6) is 0 Å². The average Bonchev–Trinajstić information content (AvgIpc) is 2.64. The van der Waals surface area contributed by atoms with Gasteiger partial charge in [-0.2, -0.15) is 0 Å². The van der Waals surface area contributed by atoms with E-state index >= 15 is 0 Å². The highest BCUT2D eigenvalue weighted by Crippen LogP contribution is 2.00. The van der Waals surface area contributed by atoms with Gasteiger partial charge >= 0.3 is 0 Å². The van der Waals surface area contributed by atoms with Gasteiger partial charge in [0.2, 0.25) is 0 Å². The van der Waals surface area contributed by atoms with Crippen LogP contribution in [0, 0.1) is 0 Å². The predicted molar refractivity (Wildman–Crippen MR) is 54.8 cm³/mol. The molecule has 2 N–H and O–H groups in total. The molecule has 0 aliphatic carbocycles. The molecular formula is C8H16N4S. The first-order valence-corrected chi connectivity index (χ1v) is 5.30. The van der Waals surface area contributed by atoms with Crippen LogP contribution < -0.4 is 10.6 Å². The summed E-state index contributed by atoms with van der Waals surface area (Å²) in [5.74, 6) is 0. The van der Waals surface area contributed by atoms with E-state index in [0.717, 1.165) is 19.6 Å². The van der Waals surface area contributed by atoms with Crippen molar-refractivity contribution in [3.05, 3.63) is 11.1 Å². The first-order chi connectivity index (χ1) is 6.33. The summed E-state index contributed by atoms with van der Waals surface area (Å²) in [7, 11) is 0. The van der Waals surface area contributed by atoms with Gasteiger partial charge in [0, 0.05) is 19.1 Å². The molecule has 1 aromatic heterocycles. The second-order valence-corrected chi connectivity index (χ2v) is 3.84. The van der Waals surface area contributed by atoms with Crippen LogP contribution in [0.2, 0.25) is 0 Å². The number of likely N-dealkylation sites (N-methyl/N-ethyl adjacent to an activating group) is 1. The van der Waals surface area contributed by atoms with Gasteiger partial charge in [-0.1, -0.05) is 11.4 Å². The molecule has 0 radical (unpaired) electrons. The minimum Gasteiger partial charge on any atom is -0.315 e. The molecule has 13 heavy (non-hydrogen) atoms. The van der Waals surface area contributed by atoms with E-state index in [4.69, 9.17) is 0 Å². The second-order valence-electron chi connectivity index (χ2n) is 2.97. The van der Waals surface area contributed by atoms with Crippen molar-refractivity contribution in [1.82, 2.24) is 20.2 Å². The number of rotatable bonds is 6. The number of aromatic nitrogens is 2. The number of hydrogen-bond acceptors (Lipinski definition) is 5. The quantitative estimate of drug-likeness (QED) is 0.707. The molecule has 1 unspecified atom stereocenters. The first-order valence-electron chi connectivity index (χ1n) is 4.53. The monoisotopic (exact) mass is 200 g/mol. The summed E-state index contributed by atoms with van der Waals surface area (Å²) < 4.78 is 3.80. The fourth-order valence-corrected chi connectivity index (χ4v) is 1.41. The zero-order valence-corrected chi connectivity index (χ0v) is 8.90. The molecule has 0 aliphatic heterocycles. The number of hydrogen-bond donors (Lipinski definition) is 2. The van der Waals surface area contributed by atoms with E-state index in [2.05, 4.69) is 34.1 Å². The molecule has 0 aliphatic rings. The first kappa shape index (κ1) is 10.6. The van der Waals surface area contributed by atoms with E-state index in [1.165, 1.54) is 16.4 Å². The van der Waals surface area contributed by atoms with Gasteiger partial charge in [0.25, 0.3) is 0 Å². The van der Waals surface area contributed by atoms with Crippen molar-refractivity contribution in [2.45, 2.75) is 26.4 Å². The standard InChI is InChI=1S/C8H16N4S/c1-3-9-4-7(2)10-5-8-6-11-12-13-8/h6-7,9-10H,3-5H2,1-2H3. The molecule has 0 amide bonds. The van der Waals surface area contributed by atoms with Crippen LogP contribution >= 0.6 is 11.5 Å². The Morgan fingerprint density at radius 1 is 1.62 bits per heavy atom. The molecule has 1 heterocycles. The zero-order chi connectivity index (χ0) is 9.52. The normalized spacial score (nSPS) is 13.1. The van der Waals surface area contributed by atoms with Gasteiger partial charge < -0.3 is 10.6 Å². The van der Waals surface area contributed by atoms with Crippen molar-refractivity contribution < 1.29 is 0 Å². The Labute approximate surface area is 82.9 Å². The number of nitrogens with one attached hydrogen (secondary N) is 2. The van der Waals surface area contributed by atoms with Crippen LogP contribution in [-0.4, -0.2) is 28.7 Å². The molecule has 0 saturated carbocycles. The lowest BCUT2D eigenvalue weighted by atomic mass is 10.3. The van der Waals surface area contributed by atoms with Gasteiger partial charge in [0.05, 0.1) is 11.1 Å². The van der Waals surface area contributed by atoms with Crippen LogP contribution in [0.4, 0.5) is 0 Å². The third-order valence-corrected chi connectivity index (χ3v) is 2.39. The minimum atomic E-state index is 0.488. The summed E-state index contributed by atoms with van der Waals surface area (Å²) in [5, 5.41) is 10.5. The lowest BCUT2D eigenvalue weighted by Gasteiger charge is -2.12. The molecule has 1 rings (SSSR count). The Balaban J connectivity index is 2.11. The summed E-state index contributed by atoms with van der Waals surface area (Å²) in [6.07, 6.45) is 1.80. The second kappa shape index (κ2) is 6.01. The highest BCUT2D eigenvalue weighted by atomic mass is 32.1. The lowest BCUT2D eigenvalue weighted by molar-refractivity contribution is 0.511. The lowest BCUT2D eigenvalue weighted by Crippen LogP contribution is -2.35. The van der Waals surface area contributed by atoms with Crippen molar-refractivity contribution in [3.8, 4) is 0 Å². The SMILES string of the molecule is CCNCC(C)NCc1cnns1. The van der Waals surface area contributed by atoms with Gasteiger partial charge in [0.1, 0.15) is 0 Å². The maximum absolute atomic E-state index is 3.80. The smallest absolute Gasteiger partial charge is 0.0666 e. The molecule has 0 aromatic carbocycles. The summed E-state index contributed by atoms with van der Waals surface area (Å²) in [5.41, 5.74) is 0. The van der Waals surface area contributed by atoms with Crippen LogP contribution in [0.25, 0.3) is 0 Å². The third kappa shape index (κ3) is 4.31. The van der Waals surface area contributed by atoms with Crippen molar-refractivity contribution in [1.29, 1.82) is 0 Å². The van der Waals surface area contributed by atoms with Crippen LogP contribution in [0.1, 0.15) is 18.7 Å². The Hall–Kier alpha value is -0.520. The molecule has 0 saturated heterocycles. The van der Waals surface area contributed by atoms with E-state index in [1.807, 2.05) is 0 Å². The van der Waals surface area contributed by atoms with Crippen molar-refractivity contribution in [3.63, 3.8) is 0 Å². The summed E-state index contributed by atoms with van der Waals surface area (Å²) in [6, 6.07) is 0.488. The topological polar surface area (TPSA) is 49.8 Å². The summed E-state index contributed by atoms with van der Waals surface area (Å²) >= 11 is 1.44. The number of nitrogens with zero attached hydrogens (tertiary/aromatic N) is 2. The fraction of sp³-hybridized carbons (Fsp3) is 0.750. The van der Waals surface area contributed by atoms with Gasteiger partial charge in [-0.25, -0.2) is 0 Å². The van der Waals surface area contributed by atoms with E-state index < -0.39 is 0 Å². The average molecular weight is 200 g/mol. The Bertz CT molecular complexity index is 212. The van der Waals surface area contributed by atoms with E-state index in [-0.39, 0.29) is 0 Å². The highest BCUT2D eigenvalue weighted by Gasteiger charge is 2.01. The van der Waals surface area contributed by atoms with Crippen molar-refractivity contribution in [2.75, 3.05) is 13.1 Å². The molecule has 4 nitrogen and oxygen atoms in total. The van der Waals surface area contributed by atoms with E-state index in [9.17, 15) is 0 Å². The van der Waals surface area contributed by atoms with Gasteiger partial charge in [0.15, 0.2) is 0 Å². The third-order valence-electron chi connectivity index (χ3n) is 1.73. The maximum Gasteiger partial charge on any atom is 0.0666 e. The highest BCUT2D eigenvalue weighted by molar-refractivity contribution is 7.05. The van der Waals surface area contributed by atoms with Crippen molar-refractivity contribution in [2.24, 2.45) is 0 Å². The van der Waals surface area contributed by atoms with Gasteiger partial charge in [-0.15, -0.1) is 5.10 Å². The largest absolute Gasteiger partial charge is 0.315 e. The summed E-state index contributed by atoms with van der Waals surface area (Å²) in [6.45, 7) is 7.16. The fourth-order valence-electron chi connectivity index (χ4n) is 0.973. The van der Waals surface area contributed by atoms with Crippen LogP contribution in [0.15, 0.2) is 6.20 Å². The van der Waals surface area contributed by atoms with E-state index in [1.54, 1.807) is 6.20 Å². The minimum absolute atomic E-state index is 0.488. The Kier molecular flexibility index (Phi) is 4.88. The van der Waals surface area contributed by atoms with Crippen LogP contribution in [-0.2, 0) is 6.54 Å². The molecule has 0 fully saturated rings. The molecule has 1 atom stereocenters. The predicted octanol–water partition coefficient (Wildman–Crippen LogP) is 0.626. The van der Waals surface area contributed by atoms with E-state index in [0.29, 0.717) is 6.04 Å². The molecule has 74 valence electrons. The van der Waals surface area contributed by atoms with Gasteiger partial charge in [-0.3, -0.25) is 0 Å². The van der Waals surface area contributed by atoms with Crippen LogP contribution in [0.3, 0.4) is 0 Å². The van der Waals surface area contributed by atoms with Crippen molar-refractivity contribution >= 4 is 11.5 Å². The zero-order valence-electron chi connectivity index (χ0n) is 8.08. The molecule has 5 heteroatoms. The molecular weight excluding hydrogens is 184 g/mol. The Morgan fingerprint density at radius 2 is 2.46 bits per heavy atom. The van der Waals surface area contributed by atoms with Gasteiger partial charge in [-0.05, 0) is 25.0 Å². The Morgan fingerprint density at radius 3 is 3.08 bits per heavy atom. The maximum atomic E-state index is 3.80. The summed E-state index contributed by atoms with van der Waals surface area (Å²) in [4.78, 5) is 1.18.